The minimum atomic E-state index is -0.625. The number of anilines is 1. The van der Waals surface area contributed by atoms with Crippen LogP contribution in [-0.2, 0) is 16.1 Å². The largest absolute Gasteiger partial charge is 0.396 e. The summed E-state index contributed by atoms with van der Waals surface area (Å²) >= 11 is 0. The molecule has 1 aromatic rings. The van der Waals surface area contributed by atoms with Gasteiger partial charge in [-0.05, 0) is 23.6 Å². The monoisotopic (exact) mass is 308 g/mol. The lowest BCUT2D eigenvalue weighted by molar-refractivity contribution is -0.141. The second kappa shape index (κ2) is 6.87. The zero-order chi connectivity index (χ0) is 16.3. The van der Waals surface area contributed by atoms with Crippen LogP contribution in [0.5, 0.6) is 0 Å². The first kappa shape index (κ1) is 16.4. The number of hydrogen-bond donors (Lipinski definition) is 2. The molecule has 1 heterocycles. The molecule has 0 aliphatic carbocycles. The van der Waals surface area contributed by atoms with Gasteiger partial charge in [0.15, 0.2) is 0 Å². The van der Waals surface area contributed by atoms with Crippen molar-refractivity contribution in [3.63, 3.8) is 0 Å². The fourth-order valence-electron chi connectivity index (χ4n) is 2.70. The second-order valence-corrected chi connectivity index (χ2v) is 5.62. The topological polar surface area (TPSA) is 69.6 Å². The first-order valence-corrected chi connectivity index (χ1v) is 7.47. The van der Waals surface area contributed by atoms with Crippen LogP contribution < -0.4 is 5.32 Å². The number of aliphatic hydroxyl groups excluding tert-OH is 1. The van der Waals surface area contributed by atoms with E-state index in [1.165, 1.54) is 17.0 Å². The lowest BCUT2D eigenvalue weighted by Crippen LogP contribution is -2.49. The Labute approximate surface area is 129 Å². The molecule has 1 aliphatic heterocycles. The van der Waals surface area contributed by atoms with E-state index in [4.69, 9.17) is 5.11 Å². The maximum Gasteiger partial charge on any atom is 0.247 e. The molecule has 120 valence electrons. The van der Waals surface area contributed by atoms with E-state index in [9.17, 15) is 14.0 Å². The highest BCUT2D eigenvalue weighted by Gasteiger charge is 2.36. The van der Waals surface area contributed by atoms with Crippen molar-refractivity contribution in [1.82, 2.24) is 4.90 Å². The van der Waals surface area contributed by atoms with Gasteiger partial charge in [0.2, 0.25) is 11.8 Å². The van der Waals surface area contributed by atoms with Gasteiger partial charge in [0.1, 0.15) is 11.9 Å². The van der Waals surface area contributed by atoms with Gasteiger partial charge < -0.3 is 15.3 Å². The predicted octanol–water partition coefficient (Wildman–Crippen LogP) is 1.90. The van der Waals surface area contributed by atoms with Gasteiger partial charge in [0.05, 0.1) is 6.61 Å². The third-order valence-electron chi connectivity index (χ3n) is 4.10. The van der Waals surface area contributed by atoms with Gasteiger partial charge in [0, 0.05) is 18.7 Å². The molecule has 2 N–H and O–H groups in total. The van der Waals surface area contributed by atoms with Crippen LogP contribution in [0, 0.1) is 11.7 Å². The van der Waals surface area contributed by atoms with E-state index in [0.29, 0.717) is 11.3 Å². The van der Waals surface area contributed by atoms with E-state index in [2.05, 4.69) is 5.32 Å². The second-order valence-electron chi connectivity index (χ2n) is 5.62. The van der Waals surface area contributed by atoms with Crippen molar-refractivity contribution >= 4 is 17.5 Å². The summed E-state index contributed by atoms with van der Waals surface area (Å²) in [5.41, 5.74) is 1.09. The molecule has 1 aromatic carbocycles. The Morgan fingerprint density at radius 1 is 1.55 bits per heavy atom. The number of benzene rings is 1. The van der Waals surface area contributed by atoms with Crippen molar-refractivity contribution in [3.8, 4) is 0 Å². The quantitative estimate of drug-likeness (QED) is 0.892. The van der Waals surface area contributed by atoms with Crippen molar-refractivity contribution in [3.05, 3.63) is 29.6 Å². The smallest absolute Gasteiger partial charge is 0.247 e. The molecule has 6 heteroatoms. The third kappa shape index (κ3) is 3.27. The van der Waals surface area contributed by atoms with Crippen molar-refractivity contribution in [2.75, 3.05) is 11.9 Å². The van der Waals surface area contributed by atoms with Gasteiger partial charge >= 0.3 is 0 Å². The standard InChI is InChI=1S/C16H21FN2O3/c1-3-10(2)15-16(22)18-13-8-12(17)5-4-11(13)9-19(15)14(21)6-7-20/h4-5,8,10,15,20H,3,6-7,9H2,1-2H3,(H,18,22). The summed E-state index contributed by atoms with van der Waals surface area (Å²) in [5.74, 6) is -1.07. The van der Waals surface area contributed by atoms with E-state index < -0.39 is 11.9 Å². The van der Waals surface area contributed by atoms with Crippen LogP contribution in [0.4, 0.5) is 10.1 Å². The summed E-state index contributed by atoms with van der Waals surface area (Å²) in [6, 6.07) is 3.52. The zero-order valence-corrected chi connectivity index (χ0v) is 12.8. The molecule has 1 aliphatic rings. The maximum absolute atomic E-state index is 13.4. The number of aliphatic hydroxyl groups is 1. The number of hydrogen-bond acceptors (Lipinski definition) is 3. The zero-order valence-electron chi connectivity index (χ0n) is 12.8. The number of amides is 2. The average Bonchev–Trinajstić information content (AvgIpc) is 2.62. The van der Waals surface area contributed by atoms with Gasteiger partial charge in [-0.1, -0.05) is 26.3 Å². The first-order chi connectivity index (χ1) is 10.5. The molecule has 0 aromatic heterocycles. The van der Waals surface area contributed by atoms with Gasteiger partial charge in [-0.15, -0.1) is 0 Å². The Hall–Kier alpha value is -1.95. The number of nitrogens with zero attached hydrogens (tertiary/aromatic N) is 1. The lowest BCUT2D eigenvalue weighted by atomic mass is 9.96. The van der Waals surface area contributed by atoms with Crippen LogP contribution in [0.2, 0.25) is 0 Å². The summed E-state index contributed by atoms with van der Waals surface area (Å²) in [5, 5.41) is 11.7. The Morgan fingerprint density at radius 2 is 2.27 bits per heavy atom. The molecule has 0 saturated heterocycles. The molecule has 2 atom stereocenters. The summed E-state index contributed by atoms with van der Waals surface area (Å²) in [4.78, 5) is 26.3. The lowest BCUT2D eigenvalue weighted by Gasteiger charge is -2.32. The third-order valence-corrected chi connectivity index (χ3v) is 4.10. The maximum atomic E-state index is 13.4. The molecular weight excluding hydrogens is 287 g/mol. The normalized spacial score (nSPS) is 19.2. The summed E-state index contributed by atoms with van der Waals surface area (Å²) in [6.07, 6.45) is 0.697. The number of carbonyl (C=O) groups is 2. The Bertz CT molecular complexity index is 577. The molecule has 0 fully saturated rings. The highest BCUT2D eigenvalue weighted by Crippen LogP contribution is 2.28. The van der Waals surface area contributed by atoms with E-state index in [-0.39, 0.29) is 37.3 Å². The van der Waals surface area contributed by atoms with Gasteiger partial charge in [-0.2, -0.15) is 0 Å². The molecule has 0 spiro atoms. The number of carbonyl (C=O) groups excluding carboxylic acids is 2. The van der Waals surface area contributed by atoms with Crippen molar-refractivity contribution in [1.29, 1.82) is 0 Å². The molecule has 2 rings (SSSR count). The SMILES string of the molecule is CCC(C)C1C(=O)Nc2cc(F)ccc2CN1C(=O)CCO. The molecule has 0 saturated carbocycles. The van der Waals surface area contributed by atoms with Crippen LogP contribution >= 0.6 is 0 Å². The van der Waals surface area contributed by atoms with Crippen molar-refractivity contribution in [2.45, 2.75) is 39.3 Å². The highest BCUT2D eigenvalue weighted by atomic mass is 19.1. The van der Waals surface area contributed by atoms with Crippen molar-refractivity contribution < 1.29 is 19.1 Å². The number of fused-ring (bicyclic) bond motifs is 1. The van der Waals surface area contributed by atoms with E-state index >= 15 is 0 Å². The Kier molecular flexibility index (Phi) is 5.13. The number of halogens is 1. The minimum Gasteiger partial charge on any atom is -0.396 e. The molecule has 0 bridgehead atoms. The summed E-state index contributed by atoms with van der Waals surface area (Å²) in [7, 11) is 0. The number of rotatable bonds is 4. The summed E-state index contributed by atoms with van der Waals surface area (Å²) in [6.45, 7) is 3.81. The van der Waals surface area contributed by atoms with Crippen LogP contribution in [0.1, 0.15) is 32.3 Å². The van der Waals surface area contributed by atoms with Crippen LogP contribution in [0.25, 0.3) is 0 Å². The fourth-order valence-corrected chi connectivity index (χ4v) is 2.70. The minimum absolute atomic E-state index is 0.0310. The Balaban J connectivity index is 2.42. The fraction of sp³-hybridized carbons (Fsp3) is 0.500. The summed E-state index contributed by atoms with van der Waals surface area (Å²) < 4.78 is 13.4. The molecule has 2 unspecified atom stereocenters. The van der Waals surface area contributed by atoms with E-state index in [1.54, 1.807) is 6.07 Å². The molecule has 0 radical (unpaired) electrons. The van der Waals surface area contributed by atoms with Crippen LogP contribution in [0.3, 0.4) is 0 Å². The molecule has 22 heavy (non-hydrogen) atoms. The first-order valence-electron chi connectivity index (χ1n) is 7.47. The predicted molar refractivity (Wildman–Crippen MR) is 80.5 cm³/mol. The molecular formula is C16H21FN2O3. The van der Waals surface area contributed by atoms with Gasteiger partial charge in [0.25, 0.3) is 0 Å². The van der Waals surface area contributed by atoms with Crippen molar-refractivity contribution in [2.24, 2.45) is 5.92 Å². The highest BCUT2D eigenvalue weighted by molar-refractivity contribution is 5.99. The van der Waals surface area contributed by atoms with Gasteiger partial charge in [-0.3, -0.25) is 9.59 Å². The molecule has 2 amide bonds. The van der Waals surface area contributed by atoms with E-state index in [0.717, 1.165) is 6.42 Å². The van der Waals surface area contributed by atoms with Crippen LogP contribution in [0.15, 0.2) is 18.2 Å². The molecule has 5 nitrogen and oxygen atoms in total. The van der Waals surface area contributed by atoms with Crippen LogP contribution in [-0.4, -0.2) is 34.5 Å². The Morgan fingerprint density at radius 3 is 2.91 bits per heavy atom. The average molecular weight is 308 g/mol. The van der Waals surface area contributed by atoms with E-state index in [1.807, 2.05) is 13.8 Å². The number of nitrogens with one attached hydrogen (secondary N) is 1. The van der Waals surface area contributed by atoms with Gasteiger partial charge in [-0.25, -0.2) is 4.39 Å².